The van der Waals surface area contributed by atoms with Gasteiger partial charge in [0.2, 0.25) is 0 Å². The zero-order chi connectivity index (χ0) is 21.4. The van der Waals surface area contributed by atoms with E-state index < -0.39 is 12.1 Å². The average molecular weight is 403 g/mol. The molecule has 0 radical (unpaired) electrons. The number of aliphatic hydroxyl groups excluding tert-OH is 2. The van der Waals surface area contributed by atoms with E-state index in [1.807, 2.05) is 6.08 Å². The summed E-state index contributed by atoms with van der Waals surface area (Å²) < 4.78 is 5.18. The predicted molar refractivity (Wildman–Crippen MR) is 117 cm³/mol. The third-order valence-electron chi connectivity index (χ3n) is 6.96. The van der Waals surface area contributed by atoms with Crippen LogP contribution in [0.15, 0.2) is 47.1 Å². The van der Waals surface area contributed by atoms with Crippen LogP contribution in [0.2, 0.25) is 0 Å². The Morgan fingerprint density at radius 2 is 2.07 bits per heavy atom. The maximum absolute atomic E-state index is 11.3. The Kier molecular flexibility index (Phi) is 8.91. The molecule has 0 unspecified atom stereocenters. The lowest BCUT2D eigenvalue weighted by Crippen LogP contribution is -2.24. The molecule has 0 saturated heterocycles. The largest absolute Gasteiger partial charge is 0.454 e. The smallest absolute Gasteiger partial charge is 0.331 e. The summed E-state index contributed by atoms with van der Waals surface area (Å²) in [5.41, 5.74) is 4.59. The highest BCUT2D eigenvalue weighted by atomic mass is 16.5. The fourth-order valence-electron chi connectivity index (χ4n) is 4.85. The number of carbonyl (C=O) groups excluding carboxylic acids is 1. The van der Waals surface area contributed by atoms with E-state index in [4.69, 9.17) is 4.74 Å². The number of hydrogen-bond donors (Lipinski definition) is 2. The van der Waals surface area contributed by atoms with Crippen molar-refractivity contribution < 1.29 is 19.7 Å². The summed E-state index contributed by atoms with van der Waals surface area (Å²) in [4.78, 5) is 11.3. The number of cyclic esters (lactones) is 1. The van der Waals surface area contributed by atoms with E-state index in [0.717, 1.165) is 30.8 Å². The number of aliphatic hydroxyl groups is 2. The molecule has 0 aromatic rings. The molecule has 0 amide bonds. The summed E-state index contributed by atoms with van der Waals surface area (Å²) in [6.07, 6.45) is 13.5. The van der Waals surface area contributed by atoms with E-state index in [2.05, 4.69) is 33.4 Å². The Morgan fingerprint density at radius 1 is 1.31 bits per heavy atom. The van der Waals surface area contributed by atoms with Crippen molar-refractivity contribution in [3.05, 3.63) is 47.1 Å². The highest BCUT2D eigenvalue weighted by Crippen LogP contribution is 2.51. The predicted octanol–water partition coefficient (Wildman–Crippen LogP) is 5.03. The summed E-state index contributed by atoms with van der Waals surface area (Å²) in [6.45, 7) is 10.9. The lowest BCUT2D eigenvalue weighted by molar-refractivity contribution is -0.138. The molecule has 0 spiro atoms. The zero-order valence-corrected chi connectivity index (χ0v) is 18.4. The Balaban J connectivity index is 1.83. The minimum atomic E-state index is -0.405. The molecule has 1 saturated carbocycles. The van der Waals surface area contributed by atoms with Gasteiger partial charge in [-0.05, 0) is 69.3 Å². The summed E-state index contributed by atoms with van der Waals surface area (Å²) in [7, 11) is 0. The number of carbonyl (C=O) groups is 1. The molecule has 0 aromatic heterocycles. The maximum Gasteiger partial charge on any atom is 0.331 e. The molecular weight excluding hydrogens is 364 g/mol. The molecular formula is C25H38O4. The maximum atomic E-state index is 11.3. The highest BCUT2D eigenvalue weighted by molar-refractivity contribution is 5.85. The first-order chi connectivity index (χ1) is 13.8. The van der Waals surface area contributed by atoms with Gasteiger partial charge in [-0.1, -0.05) is 43.2 Å². The van der Waals surface area contributed by atoms with Crippen LogP contribution in [0.1, 0.15) is 72.1 Å². The standard InChI is InChI=1S/C25H38O4/c1-18(2)25(13-6-8-20(25)4)14-12-19(3)7-5-9-21(16-26)10-11-23-22(17-27)15-24(28)29-23/h7,10,15,20,23,26-27H,1,5-6,8-9,11-14,16-17H2,2-4H3/b19-7+,21-10+/t20-,23-,25+/m1/s1. The molecule has 1 fully saturated rings. The van der Waals surface area contributed by atoms with Crippen LogP contribution in [0, 0.1) is 11.3 Å². The summed E-state index contributed by atoms with van der Waals surface area (Å²) in [5, 5.41) is 18.9. The van der Waals surface area contributed by atoms with Crippen LogP contribution in [-0.2, 0) is 9.53 Å². The van der Waals surface area contributed by atoms with E-state index in [0.29, 0.717) is 17.4 Å². The molecule has 0 aromatic carbocycles. The van der Waals surface area contributed by atoms with Crippen LogP contribution in [0.4, 0.5) is 0 Å². The number of rotatable bonds is 11. The number of allylic oxidation sites excluding steroid dienone is 3. The molecule has 3 atom stereocenters. The Hall–Kier alpha value is -1.65. The van der Waals surface area contributed by atoms with Crippen molar-refractivity contribution in [3.8, 4) is 0 Å². The Morgan fingerprint density at radius 3 is 2.66 bits per heavy atom. The van der Waals surface area contributed by atoms with Crippen molar-refractivity contribution in [3.63, 3.8) is 0 Å². The first kappa shape index (κ1) is 23.6. The first-order valence-electron chi connectivity index (χ1n) is 10.9. The minimum absolute atomic E-state index is 0.00200. The molecule has 1 aliphatic carbocycles. The van der Waals surface area contributed by atoms with E-state index in [-0.39, 0.29) is 13.2 Å². The Bertz CT molecular complexity index is 685. The van der Waals surface area contributed by atoms with Crippen molar-refractivity contribution in [2.75, 3.05) is 13.2 Å². The molecule has 2 aliphatic rings. The molecule has 1 aliphatic heterocycles. The lowest BCUT2D eigenvalue weighted by atomic mass is 9.70. The quantitative estimate of drug-likeness (QED) is 0.376. The highest BCUT2D eigenvalue weighted by Gasteiger charge is 2.40. The van der Waals surface area contributed by atoms with Gasteiger partial charge in [0, 0.05) is 18.1 Å². The van der Waals surface area contributed by atoms with Crippen molar-refractivity contribution in [2.24, 2.45) is 11.3 Å². The van der Waals surface area contributed by atoms with E-state index in [1.165, 1.54) is 42.9 Å². The van der Waals surface area contributed by atoms with Gasteiger partial charge in [-0.25, -0.2) is 4.79 Å². The van der Waals surface area contributed by atoms with Crippen molar-refractivity contribution in [2.45, 2.75) is 78.2 Å². The van der Waals surface area contributed by atoms with Gasteiger partial charge in [0.15, 0.2) is 0 Å². The van der Waals surface area contributed by atoms with Crippen LogP contribution in [0.25, 0.3) is 0 Å². The lowest BCUT2D eigenvalue weighted by Gasteiger charge is -2.35. The fraction of sp³-hybridized carbons (Fsp3) is 0.640. The zero-order valence-electron chi connectivity index (χ0n) is 18.4. The number of esters is 1. The molecule has 2 rings (SSSR count). The van der Waals surface area contributed by atoms with Crippen molar-refractivity contribution >= 4 is 5.97 Å². The number of ether oxygens (including phenoxy) is 1. The van der Waals surface area contributed by atoms with Crippen LogP contribution in [0.5, 0.6) is 0 Å². The Labute approximate surface area is 176 Å². The van der Waals surface area contributed by atoms with Crippen LogP contribution < -0.4 is 0 Å². The SMILES string of the molecule is C=C(C)[C@@]1(CC/C(C)=C/CC/C(=C\C[C@H]2OC(=O)C=C2CO)CO)CCC[C@H]1C. The van der Waals surface area contributed by atoms with Gasteiger partial charge in [0.1, 0.15) is 6.10 Å². The average Bonchev–Trinajstić information content (AvgIpc) is 3.25. The van der Waals surface area contributed by atoms with E-state index in [1.54, 1.807) is 0 Å². The van der Waals surface area contributed by atoms with Crippen molar-refractivity contribution in [1.82, 2.24) is 0 Å². The van der Waals surface area contributed by atoms with E-state index in [9.17, 15) is 15.0 Å². The van der Waals surface area contributed by atoms with Crippen molar-refractivity contribution in [1.29, 1.82) is 0 Å². The monoisotopic (exact) mass is 402 g/mol. The number of hydrogen-bond acceptors (Lipinski definition) is 4. The fourth-order valence-corrected chi connectivity index (χ4v) is 4.85. The van der Waals surface area contributed by atoms with Gasteiger partial charge in [0.05, 0.1) is 13.2 Å². The third kappa shape index (κ3) is 6.16. The summed E-state index contributed by atoms with van der Waals surface area (Å²) in [6, 6.07) is 0. The minimum Gasteiger partial charge on any atom is -0.454 e. The van der Waals surface area contributed by atoms with Gasteiger partial charge < -0.3 is 14.9 Å². The van der Waals surface area contributed by atoms with Gasteiger partial charge in [-0.15, -0.1) is 0 Å². The topological polar surface area (TPSA) is 66.8 Å². The van der Waals surface area contributed by atoms with Crippen LogP contribution in [0.3, 0.4) is 0 Å². The molecule has 2 N–H and O–H groups in total. The molecule has 29 heavy (non-hydrogen) atoms. The van der Waals surface area contributed by atoms with Gasteiger partial charge >= 0.3 is 5.97 Å². The third-order valence-corrected chi connectivity index (χ3v) is 6.96. The molecule has 0 bridgehead atoms. The normalized spacial score (nSPS) is 27.9. The summed E-state index contributed by atoms with van der Waals surface area (Å²) in [5.74, 6) is 0.319. The van der Waals surface area contributed by atoms with Crippen LogP contribution in [-0.4, -0.2) is 35.5 Å². The molecule has 1 heterocycles. The first-order valence-corrected chi connectivity index (χ1v) is 10.9. The second kappa shape index (κ2) is 10.9. The van der Waals surface area contributed by atoms with Gasteiger partial charge in [0.25, 0.3) is 0 Å². The van der Waals surface area contributed by atoms with Crippen LogP contribution >= 0.6 is 0 Å². The van der Waals surface area contributed by atoms with Gasteiger partial charge in [-0.3, -0.25) is 0 Å². The van der Waals surface area contributed by atoms with E-state index >= 15 is 0 Å². The second-order valence-corrected chi connectivity index (χ2v) is 8.88. The molecule has 4 heteroatoms. The van der Waals surface area contributed by atoms with Gasteiger partial charge in [-0.2, -0.15) is 0 Å². The molecule has 162 valence electrons. The summed E-state index contributed by atoms with van der Waals surface area (Å²) >= 11 is 0. The second-order valence-electron chi connectivity index (χ2n) is 8.88. The molecule has 4 nitrogen and oxygen atoms in total.